The van der Waals surface area contributed by atoms with Crippen molar-refractivity contribution in [3.63, 3.8) is 0 Å². The van der Waals surface area contributed by atoms with Crippen LogP contribution in [-0.4, -0.2) is 47.1 Å². The highest BCUT2D eigenvalue weighted by atomic mass is 32.2. The van der Waals surface area contributed by atoms with Crippen LogP contribution in [0.3, 0.4) is 0 Å². The van der Waals surface area contributed by atoms with Crippen LogP contribution in [0.2, 0.25) is 0 Å². The van der Waals surface area contributed by atoms with Crippen molar-refractivity contribution in [1.82, 2.24) is 15.0 Å². The number of rotatable bonds is 11. The van der Waals surface area contributed by atoms with Gasteiger partial charge in [-0.3, -0.25) is 9.52 Å². The summed E-state index contributed by atoms with van der Waals surface area (Å²) in [5, 5.41) is 2.94. The molecule has 0 fully saturated rings. The zero-order chi connectivity index (χ0) is 29.1. The van der Waals surface area contributed by atoms with Crippen LogP contribution in [0, 0.1) is 12.7 Å². The van der Waals surface area contributed by atoms with E-state index in [9.17, 15) is 26.0 Å². The summed E-state index contributed by atoms with van der Waals surface area (Å²) in [5.41, 5.74) is 1.78. The van der Waals surface area contributed by atoms with Crippen LogP contribution in [0.4, 0.5) is 10.2 Å². The Balaban J connectivity index is 1.56. The Bertz CT molecular complexity index is 1770. The largest absolute Gasteiger partial charge is 0.437 e. The molecule has 13 heteroatoms. The Kier molecular flexibility index (Phi) is 8.57. The number of furan rings is 1. The molecule has 0 spiro atoms. The third-order valence-corrected chi connectivity index (χ3v) is 9.17. The van der Waals surface area contributed by atoms with E-state index < -0.39 is 31.8 Å². The smallest absolute Gasteiger partial charge is 0.255 e. The fourth-order valence-electron chi connectivity index (χ4n) is 4.18. The van der Waals surface area contributed by atoms with Gasteiger partial charge < -0.3 is 9.73 Å². The van der Waals surface area contributed by atoms with E-state index in [1.165, 1.54) is 37.4 Å². The first kappa shape index (κ1) is 29.2. The van der Waals surface area contributed by atoms with Gasteiger partial charge in [0.05, 0.1) is 21.6 Å². The number of fused-ring (bicyclic) bond motifs is 1. The van der Waals surface area contributed by atoms with E-state index in [2.05, 4.69) is 19.7 Å². The van der Waals surface area contributed by atoms with Gasteiger partial charge in [-0.25, -0.2) is 25.9 Å². The van der Waals surface area contributed by atoms with Gasteiger partial charge in [0.25, 0.3) is 5.91 Å². The van der Waals surface area contributed by atoms with Gasteiger partial charge in [-0.1, -0.05) is 25.1 Å². The zero-order valence-electron chi connectivity index (χ0n) is 22.1. The second-order valence-electron chi connectivity index (χ2n) is 9.03. The molecule has 4 rings (SSSR count). The molecule has 0 unspecified atom stereocenters. The highest BCUT2D eigenvalue weighted by molar-refractivity contribution is 7.92. The number of nitrogens with zero attached hydrogens (tertiary/aromatic N) is 1. The number of anilines is 1. The number of hydrogen-bond acceptors (Lipinski definition) is 7. The molecule has 0 aliphatic heterocycles. The molecule has 0 radical (unpaired) electrons. The molecule has 10 nitrogen and oxygen atoms in total. The number of pyridine rings is 1. The summed E-state index contributed by atoms with van der Waals surface area (Å²) in [7, 11) is -6.23. The molecule has 0 saturated carbocycles. The van der Waals surface area contributed by atoms with Gasteiger partial charge in [-0.2, -0.15) is 4.98 Å². The predicted molar refractivity (Wildman–Crippen MR) is 151 cm³/mol. The number of carbonyl (C=O) groups excluding carboxylic acids is 1. The van der Waals surface area contributed by atoms with Crippen molar-refractivity contribution in [3.8, 4) is 11.3 Å². The van der Waals surface area contributed by atoms with Crippen LogP contribution in [0.25, 0.3) is 22.4 Å². The predicted octanol–water partition coefficient (Wildman–Crippen LogP) is 3.97. The highest BCUT2D eigenvalue weighted by Crippen LogP contribution is 2.35. The van der Waals surface area contributed by atoms with Crippen molar-refractivity contribution in [2.75, 3.05) is 24.1 Å². The van der Waals surface area contributed by atoms with Crippen molar-refractivity contribution in [2.45, 2.75) is 31.6 Å². The lowest BCUT2D eigenvalue weighted by Gasteiger charge is -2.12. The third kappa shape index (κ3) is 6.32. The number of aryl methyl sites for hydroxylation is 2. The number of sulfonamides is 2. The van der Waals surface area contributed by atoms with E-state index in [-0.39, 0.29) is 46.5 Å². The summed E-state index contributed by atoms with van der Waals surface area (Å²) < 4.78 is 75.1. The number of aromatic nitrogens is 1. The van der Waals surface area contributed by atoms with Crippen LogP contribution < -0.4 is 14.8 Å². The van der Waals surface area contributed by atoms with Gasteiger partial charge >= 0.3 is 0 Å². The molecule has 0 atom stereocenters. The van der Waals surface area contributed by atoms with E-state index in [4.69, 9.17) is 4.42 Å². The van der Waals surface area contributed by atoms with Crippen molar-refractivity contribution < 1.29 is 30.4 Å². The molecule has 2 heterocycles. The van der Waals surface area contributed by atoms with Crippen LogP contribution in [0.5, 0.6) is 0 Å². The second-order valence-corrected chi connectivity index (χ2v) is 12.6. The molecule has 212 valence electrons. The Morgan fingerprint density at radius 2 is 1.75 bits per heavy atom. The SMILES string of the molecule is CCc1cc2c(C(=O)NC)c(-c3ccc(F)cc3)oc2nc1NS(=O)(=O)CCCNS(=O)(=O)c1ccccc1C. The quantitative estimate of drug-likeness (QED) is 0.225. The molecule has 2 aromatic carbocycles. The van der Waals surface area contributed by atoms with Gasteiger partial charge in [0.1, 0.15) is 17.4 Å². The van der Waals surface area contributed by atoms with Crippen LogP contribution in [-0.2, 0) is 26.5 Å². The van der Waals surface area contributed by atoms with Crippen LogP contribution in [0.15, 0.2) is 63.9 Å². The van der Waals surface area contributed by atoms with E-state index in [0.29, 0.717) is 28.5 Å². The molecule has 2 aromatic heterocycles. The minimum absolute atomic E-state index is 0.0143. The molecule has 1 amide bonds. The van der Waals surface area contributed by atoms with Crippen LogP contribution in [0.1, 0.15) is 34.8 Å². The standard InChI is InChI=1S/C27H29FN4O6S2/c1-4-18-16-21-23(26(33)29-3)24(19-10-12-20(28)13-11-19)38-27(21)31-25(18)32-39(34,35)15-7-14-30-40(36,37)22-9-6-5-8-17(22)2/h5-6,8-13,16,30H,4,7,14-15H2,1-3H3,(H,29,33)(H,31,32). The lowest BCUT2D eigenvalue weighted by Crippen LogP contribution is -2.28. The summed E-state index contributed by atoms with van der Waals surface area (Å²) in [5.74, 6) is -1.05. The molecular formula is C27H29FN4O6S2. The van der Waals surface area contributed by atoms with E-state index in [1.54, 1.807) is 31.2 Å². The molecule has 3 N–H and O–H groups in total. The summed E-state index contributed by atoms with van der Waals surface area (Å²) in [4.78, 5) is 17.3. The number of benzene rings is 2. The van der Waals surface area contributed by atoms with E-state index in [0.717, 1.165) is 0 Å². The minimum Gasteiger partial charge on any atom is -0.437 e. The molecule has 0 aliphatic carbocycles. The van der Waals surface area contributed by atoms with E-state index >= 15 is 0 Å². The molecule has 0 aliphatic rings. The molecule has 0 saturated heterocycles. The number of carbonyl (C=O) groups is 1. The lowest BCUT2D eigenvalue weighted by atomic mass is 10.0. The third-order valence-electron chi connectivity index (χ3n) is 6.22. The number of hydrogen-bond donors (Lipinski definition) is 3. The maximum atomic E-state index is 13.5. The molecule has 4 aromatic rings. The van der Waals surface area contributed by atoms with Gasteiger partial charge in [0.15, 0.2) is 0 Å². The van der Waals surface area contributed by atoms with Gasteiger partial charge in [-0.05, 0) is 67.3 Å². The van der Waals surface area contributed by atoms with Crippen LogP contribution >= 0.6 is 0 Å². The average Bonchev–Trinajstić information content (AvgIpc) is 3.28. The van der Waals surface area contributed by atoms with E-state index in [1.807, 2.05) is 6.92 Å². The molecule has 0 bridgehead atoms. The summed E-state index contributed by atoms with van der Waals surface area (Å²) in [6.45, 7) is 3.40. The number of amides is 1. The van der Waals surface area contributed by atoms with Gasteiger partial charge in [0, 0.05) is 19.2 Å². The minimum atomic E-state index is -3.92. The maximum Gasteiger partial charge on any atom is 0.255 e. The number of nitrogens with one attached hydrogen (secondary N) is 3. The average molecular weight is 589 g/mol. The topological polar surface area (TPSA) is 147 Å². The summed E-state index contributed by atoms with van der Waals surface area (Å²) in [6, 6.07) is 13.6. The molecular weight excluding hydrogens is 559 g/mol. The first-order valence-electron chi connectivity index (χ1n) is 12.5. The Morgan fingerprint density at radius 3 is 2.40 bits per heavy atom. The normalized spacial score (nSPS) is 12.0. The monoisotopic (exact) mass is 588 g/mol. The van der Waals surface area contributed by atoms with Gasteiger partial charge in [0.2, 0.25) is 25.8 Å². The van der Waals surface area contributed by atoms with Gasteiger partial charge in [-0.15, -0.1) is 0 Å². The van der Waals surface area contributed by atoms with Crippen molar-refractivity contribution in [2.24, 2.45) is 0 Å². The maximum absolute atomic E-state index is 13.5. The first-order valence-corrected chi connectivity index (χ1v) is 15.6. The second kappa shape index (κ2) is 11.7. The Hall–Kier alpha value is -3.81. The fraction of sp³-hybridized carbons (Fsp3) is 0.259. The Labute approximate surface area is 232 Å². The van der Waals surface area contributed by atoms with Crippen molar-refractivity contribution >= 4 is 42.9 Å². The van der Waals surface area contributed by atoms with Crippen molar-refractivity contribution in [3.05, 3.63) is 77.1 Å². The highest BCUT2D eigenvalue weighted by Gasteiger charge is 2.25. The fourth-order valence-corrected chi connectivity index (χ4v) is 6.60. The first-order chi connectivity index (χ1) is 19.0. The van der Waals surface area contributed by atoms with Crippen molar-refractivity contribution in [1.29, 1.82) is 0 Å². The zero-order valence-corrected chi connectivity index (χ0v) is 23.7. The summed E-state index contributed by atoms with van der Waals surface area (Å²) >= 11 is 0. The summed E-state index contributed by atoms with van der Waals surface area (Å²) in [6.07, 6.45) is 0.404. The lowest BCUT2D eigenvalue weighted by molar-refractivity contribution is 0.0964. The molecule has 40 heavy (non-hydrogen) atoms. The number of halogens is 1. The Morgan fingerprint density at radius 1 is 1.05 bits per heavy atom.